The van der Waals surface area contributed by atoms with Crippen LogP contribution in [-0.4, -0.2) is 66.6 Å². The molecule has 2 saturated heterocycles. The van der Waals surface area contributed by atoms with Crippen LogP contribution in [0.4, 0.5) is 0 Å². The minimum absolute atomic E-state index is 0.0890. The van der Waals surface area contributed by atoms with E-state index in [1.54, 1.807) is 4.90 Å². The predicted octanol–water partition coefficient (Wildman–Crippen LogP) is -0.467. The molecular formula is C17H30N4O4. The lowest BCUT2D eigenvalue weighted by Gasteiger charge is -2.33. The second kappa shape index (κ2) is 9.72. The number of carboxylic acid groups (broad SMARTS) is 1. The Morgan fingerprint density at radius 2 is 1.96 bits per heavy atom. The first-order chi connectivity index (χ1) is 12.0. The lowest BCUT2D eigenvalue weighted by Crippen LogP contribution is -2.48. The van der Waals surface area contributed by atoms with Gasteiger partial charge in [0.1, 0.15) is 6.04 Å². The monoisotopic (exact) mass is 354 g/mol. The Hall–Kier alpha value is -1.67. The molecule has 2 heterocycles. The molecule has 2 amide bonds. The van der Waals surface area contributed by atoms with Crippen LogP contribution in [0.3, 0.4) is 0 Å². The highest BCUT2D eigenvalue weighted by Crippen LogP contribution is 2.21. The normalized spacial score (nSPS) is 23.1. The van der Waals surface area contributed by atoms with E-state index in [-0.39, 0.29) is 24.3 Å². The molecule has 0 radical (unpaired) electrons. The van der Waals surface area contributed by atoms with Crippen molar-refractivity contribution in [2.24, 2.45) is 17.6 Å². The summed E-state index contributed by atoms with van der Waals surface area (Å²) in [5.74, 6) is -0.895. The predicted molar refractivity (Wildman–Crippen MR) is 92.8 cm³/mol. The molecule has 2 aliphatic rings. The molecule has 8 nitrogen and oxygen atoms in total. The smallest absolute Gasteiger partial charge is 0.322 e. The molecule has 0 aliphatic carbocycles. The fourth-order valence-corrected chi connectivity index (χ4v) is 3.52. The van der Waals surface area contributed by atoms with Crippen molar-refractivity contribution >= 4 is 17.8 Å². The van der Waals surface area contributed by atoms with E-state index in [0.29, 0.717) is 31.8 Å². The zero-order chi connectivity index (χ0) is 18.2. The zero-order valence-electron chi connectivity index (χ0n) is 14.7. The Labute approximate surface area is 148 Å². The van der Waals surface area contributed by atoms with Crippen LogP contribution in [0.1, 0.15) is 38.5 Å². The van der Waals surface area contributed by atoms with E-state index in [1.165, 1.54) is 0 Å². The number of nitrogens with two attached hydrogens (primary N) is 1. The van der Waals surface area contributed by atoms with Crippen molar-refractivity contribution < 1.29 is 19.5 Å². The Morgan fingerprint density at radius 3 is 2.64 bits per heavy atom. The molecule has 0 aromatic rings. The maximum Gasteiger partial charge on any atom is 0.322 e. The highest BCUT2D eigenvalue weighted by atomic mass is 16.4. The fraction of sp³-hybridized carbons (Fsp3) is 0.824. The number of carboxylic acids is 1. The average molecular weight is 354 g/mol. The Morgan fingerprint density at radius 1 is 1.24 bits per heavy atom. The van der Waals surface area contributed by atoms with Crippen LogP contribution in [0.5, 0.6) is 0 Å². The van der Waals surface area contributed by atoms with Gasteiger partial charge in [-0.2, -0.15) is 0 Å². The molecule has 2 fully saturated rings. The molecule has 0 spiro atoms. The summed E-state index contributed by atoms with van der Waals surface area (Å²) in [6.07, 6.45) is 5.23. The number of aliphatic carboxylic acids is 1. The Balaban J connectivity index is 1.74. The summed E-state index contributed by atoms with van der Waals surface area (Å²) in [6, 6.07) is -1.10. The van der Waals surface area contributed by atoms with Gasteiger partial charge in [-0.15, -0.1) is 0 Å². The lowest BCUT2D eigenvalue weighted by atomic mass is 9.92. The number of hydrogen-bond donors (Lipinski definition) is 4. The molecule has 2 rings (SSSR count). The van der Waals surface area contributed by atoms with Crippen molar-refractivity contribution in [3.63, 3.8) is 0 Å². The van der Waals surface area contributed by atoms with Crippen molar-refractivity contribution in [3.05, 3.63) is 0 Å². The number of carbonyl (C=O) groups is 3. The lowest BCUT2D eigenvalue weighted by molar-refractivity contribution is -0.138. The van der Waals surface area contributed by atoms with Gasteiger partial charge in [-0.05, 0) is 51.1 Å². The number of amides is 2. The second-order valence-corrected chi connectivity index (χ2v) is 7.10. The summed E-state index contributed by atoms with van der Waals surface area (Å²) in [4.78, 5) is 37.1. The van der Waals surface area contributed by atoms with Crippen LogP contribution in [0.25, 0.3) is 0 Å². The second-order valence-electron chi connectivity index (χ2n) is 7.10. The van der Waals surface area contributed by atoms with Gasteiger partial charge < -0.3 is 26.4 Å². The molecule has 0 aromatic heterocycles. The number of hydrogen-bond acceptors (Lipinski definition) is 5. The van der Waals surface area contributed by atoms with Crippen molar-refractivity contribution in [1.82, 2.24) is 15.5 Å². The summed E-state index contributed by atoms with van der Waals surface area (Å²) in [5.41, 5.74) is 5.40. The third kappa shape index (κ3) is 6.28. The van der Waals surface area contributed by atoms with Crippen LogP contribution < -0.4 is 16.4 Å². The van der Waals surface area contributed by atoms with E-state index in [4.69, 9.17) is 10.8 Å². The highest BCUT2D eigenvalue weighted by molar-refractivity contribution is 5.82. The van der Waals surface area contributed by atoms with Gasteiger partial charge in [0.15, 0.2) is 0 Å². The highest BCUT2D eigenvalue weighted by Gasteiger charge is 2.29. The van der Waals surface area contributed by atoms with Crippen LogP contribution in [0.15, 0.2) is 0 Å². The third-order valence-electron chi connectivity index (χ3n) is 5.18. The van der Waals surface area contributed by atoms with Gasteiger partial charge in [0.05, 0.1) is 5.92 Å². The van der Waals surface area contributed by atoms with E-state index < -0.39 is 12.0 Å². The first-order valence-corrected chi connectivity index (χ1v) is 9.22. The summed E-state index contributed by atoms with van der Waals surface area (Å²) in [6.45, 7) is 3.09. The van der Waals surface area contributed by atoms with Gasteiger partial charge in [-0.25, -0.2) is 0 Å². The third-order valence-corrected chi connectivity index (χ3v) is 5.18. The van der Waals surface area contributed by atoms with Crippen molar-refractivity contribution in [1.29, 1.82) is 0 Å². The number of carbonyl (C=O) groups excluding carboxylic acids is 2. The van der Waals surface area contributed by atoms with Gasteiger partial charge in [0, 0.05) is 26.1 Å². The molecule has 8 heteroatoms. The van der Waals surface area contributed by atoms with Crippen LogP contribution in [-0.2, 0) is 14.4 Å². The maximum atomic E-state index is 12.4. The number of nitrogens with one attached hydrogen (secondary N) is 2. The van der Waals surface area contributed by atoms with Crippen molar-refractivity contribution in [3.8, 4) is 0 Å². The summed E-state index contributed by atoms with van der Waals surface area (Å²) in [5, 5.41) is 14.7. The summed E-state index contributed by atoms with van der Waals surface area (Å²) in [7, 11) is 0. The van der Waals surface area contributed by atoms with E-state index in [9.17, 15) is 14.4 Å². The van der Waals surface area contributed by atoms with Gasteiger partial charge in [-0.3, -0.25) is 14.4 Å². The first kappa shape index (κ1) is 19.7. The quantitative estimate of drug-likeness (QED) is 0.490. The van der Waals surface area contributed by atoms with Crippen LogP contribution in [0.2, 0.25) is 0 Å². The van der Waals surface area contributed by atoms with E-state index >= 15 is 0 Å². The standard InChI is InChI=1S/C17H30N4O4/c18-14(17(24)25)10-20-16(23)13-2-1-9-21(11-13)15(22)4-3-12-5-7-19-8-6-12/h12-14,19H,1-11,18H2,(H,20,23)(H,24,25)/t13-,14+/m1/s1. The van der Waals surface area contributed by atoms with Crippen molar-refractivity contribution in [2.45, 2.75) is 44.6 Å². The zero-order valence-corrected chi connectivity index (χ0v) is 14.7. The molecule has 0 bridgehead atoms. The molecule has 142 valence electrons. The van der Waals surface area contributed by atoms with Gasteiger partial charge >= 0.3 is 5.97 Å². The largest absolute Gasteiger partial charge is 0.480 e. The molecule has 0 saturated carbocycles. The van der Waals surface area contributed by atoms with Gasteiger partial charge in [0.25, 0.3) is 0 Å². The topological polar surface area (TPSA) is 125 Å². The molecule has 0 unspecified atom stereocenters. The molecular weight excluding hydrogens is 324 g/mol. The minimum Gasteiger partial charge on any atom is -0.480 e. The SMILES string of the molecule is N[C@@H](CNC(=O)[C@@H]1CCCN(C(=O)CCC2CCNCC2)C1)C(=O)O. The Kier molecular flexibility index (Phi) is 7.64. The maximum absolute atomic E-state index is 12.4. The fourth-order valence-electron chi connectivity index (χ4n) is 3.52. The summed E-state index contributed by atoms with van der Waals surface area (Å²) < 4.78 is 0. The van der Waals surface area contributed by atoms with E-state index in [1.807, 2.05) is 0 Å². The molecule has 2 aliphatic heterocycles. The van der Waals surface area contributed by atoms with Gasteiger partial charge in [-0.1, -0.05) is 0 Å². The molecule has 2 atom stereocenters. The molecule has 5 N–H and O–H groups in total. The number of likely N-dealkylation sites (tertiary alicyclic amines) is 1. The molecule has 0 aromatic carbocycles. The number of piperidine rings is 2. The average Bonchev–Trinajstić information content (AvgIpc) is 2.64. The van der Waals surface area contributed by atoms with E-state index in [2.05, 4.69) is 10.6 Å². The van der Waals surface area contributed by atoms with Gasteiger partial charge in [0.2, 0.25) is 11.8 Å². The van der Waals surface area contributed by atoms with Crippen LogP contribution in [0, 0.1) is 11.8 Å². The van der Waals surface area contributed by atoms with E-state index in [0.717, 1.165) is 38.8 Å². The molecule has 25 heavy (non-hydrogen) atoms. The van der Waals surface area contributed by atoms with Crippen molar-refractivity contribution in [2.75, 3.05) is 32.7 Å². The number of nitrogens with zero attached hydrogens (tertiary/aromatic N) is 1. The number of rotatable bonds is 7. The summed E-state index contributed by atoms with van der Waals surface area (Å²) >= 11 is 0. The first-order valence-electron chi connectivity index (χ1n) is 9.22. The Bertz CT molecular complexity index is 479. The van der Waals surface area contributed by atoms with Crippen LogP contribution >= 0.6 is 0 Å². The minimum atomic E-state index is -1.14.